The molecule has 0 bridgehead atoms. The number of rotatable bonds is 4. The van der Waals surface area contributed by atoms with Crippen molar-refractivity contribution in [2.45, 2.75) is 31.0 Å². The number of hydrogen-bond donors (Lipinski definition) is 2. The quantitative estimate of drug-likeness (QED) is 0.621. The van der Waals surface area contributed by atoms with Crippen LogP contribution in [0.25, 0.3) is 10.4 Å². The average Bonchev–Trinajstić information content (AvgIpc) is 3.18. The number of carboxylic acid groups (broad SMARTS) is 1. The van der Waals surface area contributed by atoms with Gasteiger partial charge in [0.25, 0.3) is 0 Å². The molecular weight excluding hydrogens is 362 g/mol. The number of amides is 1. The van der Waals surface area contributed by atoms with E-state index in [4.69, 9.17) is 0 Å². The first kappa shape index (κ1) is 16.6. The Bertz CT molecular complexity index is 929. The van der Waals surface area contributed by atoms with Crippen LogP contribution in [0.3, 0.4) is 0 Å². The van der Waals surface area contributed by atoms with Crippen LogP contribution in [-0.2, 0) is 9.59 Å². The van der Waals surface area contributed by atoms with Gasteiger partial charge in [0.1, 0.15) is 21.9 Å². The van der Waals surface area contributed by atoms with Gasteiger partial charge in [-0.05, 0) is 13.2 Å². The van der Waals surface area contributed by atoms with E-state index in [1.165, 1.54) is 28.0 Å². The Labute approximate surface area is 152 Å². The number of thiazole rings is 1. The third kappa shape index (κ3) is 2.06. The number of carbonyl (C=O) groups excluding carboxylic acids is 1. The van der Waals surface area contributed by atoms with E-state index < -0.39 is 18.0 Å². The molecule has 1 amide bonds. The number of carboxylic acids is 1. The molecule has 1 fully saturated rings. The monoisotopic (exact) mass is 379 g/mol. The molecule has 2 aliphatic rings. The van der Waals surface area contributed by atoms with Gasteiger partial charge in [-0.25, -0.2) is 9.78 Å². The minimum absolute atomic E-state index is 0.0264. The van der Waals surface area contributed by atoms with Gasteiger partial charge in [-0.1, -0.05) is 6.92 Å². The molecule has 0 radical (unpaired) electrons. The number of nitrogens with zero attached hydrogens (tertiary/aromatic N) is 3. The van der Waals surface area contributed by atoms with Crippen LogP contribution in [0.1, 0.15) is 19.5 Å². The number of hydrogen-bond acceptors (Lipinski definition) is 6. The number of thioether (sulfide) groups is 1. The maximum Gasteiger partial charge on any atom is 0.352 e. The number of aliphatic carboxylic acids is 1. The molecule has 2 aromatic rings. The van der Waals surface area contributed by atoms with Gasteiger partial charge in [0, 0.05) is 16.9 Å². The maximum absolute atomic E-state index is 12.4. The van der Waals surface area contributed by atoms with E-state index in [0.29, 0.717) is 5.57 Å². The summed E-state index contributed by atoms with van der Waals surface area (Å²) >= 11 is 3.04. The van der Waals surface area contributed by atoms with Crippen molar-refractivity contribution in [3.63, 3.8) is 0 Å². The molecule has 1 saturated heterocycles. The predicted molar refractivity (Wildman–Crippen MR) is 94.4 cm³/mol. The molecule has 2 N–H and O–H groups in total. The zero-order valence-electron chi connectivity index (χ0n) is 13.8. The van der Waals surface area contributed by atoms with Crippen LogP contribution in [-0.4, -0.2) is 54.8 Å². The lowest BCUT2D eigenvalue weighted by Crippen LogP contribution is -2.63. The van der Waals surface area contributed by atoms with E-state index in [0.717, 1.165) is 15.6 Å². The molecule has 2 aliphatic heterocycles. The van der Waals surface area contributed by atoms with Crippen molar-refractivity contribution in [2.24, 2.45) is 11.8 Å². The molecule has 4 heterocycles. The maximum atomic E-state index is 12.4. The minimum atomic E-state index is -1.12. The fourth-order valence-corrected chi connectivity index (χ4v) is 5.70. The fraction of sp³-hybridized carbons (Fsp3) is 0.438. The first-order valence-corrected chi connectivity index (χ1v) is 9.96. The van der Waals surface area contributed by atoms with Crippen LogP contribution in [0.2, 0.25) is 0 Å². The van der Waals surface area contributed by atoms with E-state index in [1.807, 2.05) is 23.0 Å². The molecule has 0 spiro atoms. The summed E-state index contributed by atoms with van der Waals surface area (Å²) in [4.78, 5) is 31.0. The first-order chi connectivity index (χ1) is 11.9. The molecule has 9 heteroatoms. The highest BCUT2D eigenvalue weighted by Crippen LogP contribution is 2.51. The second-order valence-corrected chi connectivity index (χ2v) is 8.02. The largest absolute Gasteiger partial charge is 0.477 e. The van der Waals surface area contributed by atoms with E-state index >= 15 is 0 Å². The third-order valence-corrected chi connectivity index (χ3v) is 6.85. The third-order valence-electron chi connectivity index (χ3n) is 5.08. The Balaban J connectivity index is 1.89. The van der Waals surface area contributed by atoms with Gasteiger partial charge in [0.2, 0.25) is 5.91 Å². The summed E-state index contributed by atoms with van der Waals surface area (Å²) in [5.41, 5.74) is 1.41. The van der Waals surface area contributed by atoms with Gasteiger partial charge in [-0.15, -0.1) is 23.1 Å². The highest BCUT2D eigenvalue weighted by molar-refractivity contribution is 7.98. The van der Waals surface area contributed by atoms with Crippen LogP contribution in [0.4, 0.5) is 0 Å². The molecule has 0 aliphatic carbocycles. The molecule has 0 saturated carbocycles. The molecule has 25 heavy (non-hydrogen) atoms. The summed E-state index contributed by atoms with van der Waals surface area (Å²) < 4.78 is 1.89. The zero-order chi connectivity index (χ0) is 18.0. The number of aliphatic hydroxyl groups excluding tert-OH is 1. The van der Waals surface area contributed by atoms with Crippen LogP contribution in [0, 0.1) is 11.8 Å². The topological polar surface area (TPSA) is 95.1 Å². The highest BCUT2D eigenvalue weighted by Gasteiger charge is 2.60. The average molecular weight is 379 g/mol. The van der Waals surface area contributed by atoms with Gasteiger partial charge in [0.15, 0.2) is 0 Å². The van der Waals surface area contributed by atoms with Gasteiger partial charge < -0.3 is 15.1 Å². The van der Waals surface area contributed by atoms with Gasteiger partial charge in [-0.2, -0.15) is 0 Å². The molecule has 132 valence electrons. The summed E-state index contributed by atoms with van der Waals surface area (Å²) in [6, 6.07) is -0.313. The Kier molecular flexibility index (Phi) is 3.71. The summed E-state index contributed by atoms with van der Waals surface area (Å²) in [5.74, 6) is -2.17. The van der Waals surface area contributed by atoms with Gasteiger partial charge in [0.05, 0.1) is 23.8 Å². The normalized spacial score (nSPS) is 27.0. The van der Waals surface area contributed by atoms with E-state index in [2.05, 4.69) is 4.98 Å². The van der Waals surface area contributed by atoms with Crippen molar-refractivity contribution in [3.05, 3.63) is 23.1 Å². The first-order valence-electron chi connectivity index (χ1n) is 7.86. The van der Waals surface area contributed by atoms with Crippen molar-refractivity contribution < 1.29 is 19.8 Å². The van der Waals surface area contributed by atoms with E-state index in [-0.39, 0.29) is 23.6 Å². The highest BCUT2D eigenvalue weighted by atomic mass is 32.2. The second kappa shape index (κ2) is 5.58. The van der Waals surface area contributed by atoms with Gasteiger partial charge in [-0.3, -0.25) is 9.20 Å². The van der Waals surface area contributed by atoms with E-state index in [9.17, 15) is 19.8 Å². The molecule has 2 aromatic heterocycles. The smallest absolute Gasteiger partial charge is 0.352 e. The molecule has 4 atom stereocenters. The lowest BCUT2D eigenvalue weighted by Gasteiger charge is -2.46. The number of aliphatic hydroxyl groups is 1. The van der Waals surface area contributed by atoms with Gasteiger partial charge >= 0.3 is 5.97 Å². The van der Waals surface area contributed by atoms with Crippen molar-refractivity contribution in [3.8, 4) is 0 Å². The molecule has 0 aromatic carbocycles. The summed E-state index contributed by atoms with van der Waals surface area (Å²) in [7, 11) is 0. The van der Waals surface area contributed by atoms with Crippen LogP contribution < -0.4 is 0 Å². The van der Waals surface area contributed by atoms with Crippen molar-refractivity contribution in [1.29, 1.82) is 0 Å². The number of fused-ring (bicyclic) bond motifs is 2. The molecule has 7 nitrogen and oxygen atoms in total. The number of β-lactam (4-membered cyclic amide) rings is 1. The van der Waals surface area contributed by atoms with Crippen LogP contribution in [0.5, 0.6) is 0 Å². The van der Waals surface area contributed by atoms with E-state index in [1.54, 1.807) is 13.3 Å². The number of carbonyl (C=O) groups is 2. The minimum Gasteiger partial charge on any atom is -0.477 e. The van der Waals surface area contributed by atoms with Crippen molar-refractivity contribution in [1.82, 2.24) is 14.3 Å². The Morgan fingerprint density at radius 1 is 1.48 bits per heavy atom. The Hall–Kier alpha value is -1.84. The second-order valence-electron chi connectivity index (χ2n) is 6.37. The zero-order valence-corrected chi connectivity index (χ0v) is 15.5. The summed E-state index contributed by atoms with van der Waals surface area (Å²) in [5, 5.41) is 22.5. The van der Waals surface area contributed by atoms with Crippen molar-refractivity contribution in [2.75, 3.05) is 6.26 Å². The van der Waals surface area contributed by atoms with Crippen LogP contribution >= 0.6 is 23.1 Å². The summed E-state index contributed by atoms with van der Waals surface area (Å²) in [6.45, 7) is 3.50. The number of imidazole rings is 1. The van der Waals surface area contributed by atoms with Crippen molar-refractivity contribution >= 4 is 45.4 Å². The Morgan fingerprint density at radius 3 is 2.80 bits per heavy atom. The molecule has 4 rings (SSSR count). The molecule has 0 unspecified atom stereocenters. The Morgan fingerprint density at radius 2 is 2.20 bits per heavy atom. The fourth-order valence-electron chi connectivity index (χ4n) is 4.01. The number of aromatic nitrogens is 2. The lowest BCUT2D eigenvalue weighted by molar-refractivity contribution is -0.163. The molecular formula is C16H17N3O4S2. The predicted octanol–water partition coefficient (Wildman–Crippen LogP) is 1.77. The van der Waals surface area contributed by atoms with Crippen LogP contribution in [0.15, 0.2) is 22.4 Å². The lowest BCUT2D eigenvalue weighted by atomic mass is 9.77. The summed E-state index contributed by atoms with van der Waals surface area (Å²) in [6.07, 6.45) is 2.83. The SMILES string of the molecule is CSc1ncn2c(C3=C(C(=O)O)N4C(=O)[C@H]([C@@H](C)O)[C@H]4[C@H]3C)csc12. The standard InChI is InChI=1S/C16H17N3O4S2/c1-6-9(8-4-25-15-13(24-3)17-5-18(8)15)12(16(22)23)19-11(6)10(7(2)20)14(19)21/h4-7,10-11,20H,1-3H3,(H,22,23)/t6-,7+,10+,11+/m0/s1.